The van der Waals surface area contributed by atoms with Crippen molar-refractivity contribution < 1.29 is 10.2 Å². The molecule has 1 aromatic heterocycles. The quantitative estimate of drug-likeness (QED) is 0.575. The normalized spacial score (nSPS) is 15.9. The molecular weight excluding hydrogens is 383 g/mol. The molecule has 1 heterocycles. The fraction of sp³-hybridized carbons (Fsp3) is 0.333. The first-order valence-electron chi connectivity index (χ1n) is 9.08. The van der Waals surface area contributed by atoms with Crippen molar-refractivity contribution in [3.8, 4) is 11.3 Å². The van der Waals surface area contributed by atoms with E-state index in [1.54, 1.807) is 0 Å². The summed E-state index contributed by atoms with van der Waals surface area (Å²) in [6, 6.07) is 14.5. The zero-order valence-electron chi connectivity index (χ0n) is 15.0. The highest BCUT2D eigenvalue weighted by Crippen LogP contribution is 2.43. The highest BCUT2D eigenvalue weighted by molar-refractivity contribution is 6.33. The smallest absolute Gasteiger partial charge is 0.0558 e. The molecule has 0 radical (unpaired) electrons. The molecule has 144 valence electrons. The average molecular weight is 407 g/mol. The lowest BCUT2D eigenvalue weighted by molar-refractivity contribution is 0.116. The van der Waals surface area contributed by atoms with Crippen LogP contribution < -0.4 is 0 Å². The van der Waals surface area contributed by atoms with Crippen LogP contribution in [0.4, 0.5) is 0 Å². The number of H-pyrrole nitrogens is 1. The topological polar surface area (TPSA) is 59.5 Å². The van der Waals surface area contributed by atoms with Crippen LogP contribution >= 0.6 is 24.0 Å². The molecule has 3 aromatic rings. The number of nitrogens with one attached hydrogen (secondary N) is 1. The van der Waals surface area contributed by atoms with E-state index in [-0.39, 0.29) is 31.7 Å². The Morgan fingerprint density at radius 3 is 2.48 bits per heavy atom. The summed E-state index contributed by atoms with van der Waals surface area (Å²) < 4.78 is 0. The molecule has 0 amide bonds. The van der Waals surface area contributed by atoms with Gasteiger partial charge in [-0.05, 0) is 36.1 Å². The Morgan fingerprint density at radius 1 is 1.04 bits per heavy atom. The lowest BCUT2D eigenvalue weighted by atomic mass is 9.86. The lowest BCUT2D eigenvalue weighted by Crippen LogP contribution is -2.35. The number of rotatable bonds is 6. The minimum atomic E-state index is 0. The average Bonchev–Trinajstić information content (AvgIpc) is 3.03. The summed E-state index contributed by atoms with van der Waals surface area (Å²) in [5, 5.41) is 20.9. The zero-order chi connectivity index (χ0) is 18.1. The van der Waals surface area contributed by atoms with Gasteiger partial charge in [0.25, 0.3) is 0 Å². The number of aromatic amines is 1. The monoisotopic (exact) mass is 406 g/mol. The zero-order valence-corrected chi connectivity index (χ0v) is 16.6. The molecule has 1 unspecified atom stereocenters. The fourth-order valence-corrected chi connectivity index (χ4v) is 4.49. The SMILES string of the molecule is Cl.OCCN(CCO)C1CCc2c(-c3ccccc3Cl)[nH]c3cccc1c23. The molecule has 1 aliphatic carbocycles. The van der Waals surface area contributed by atoms with Crippen molar-refractivity contribution in [2.24, 2.45) is 0 Å². The Morgan fingerprint density at radius 2 is 1.78 bits per heavy atom. The van der Waals surface area contributed by atoms with Gasteiger partial charge in [0.15, 0.2) is 0 Å². The summed E-state index contributed by atoms with van der Waals surface area (Å²) in [6.07, 6.45) is 1.90. The van der Waals surface area contributed by atoms with E-state index in [2.05, 4.69) is 34.1 Å². The van der Waals surface area contributed by atoms with Gasteiger partial charge in [0, 0.05) is 40.6 Å². The van der Waals surface area contributed by atoms with Crippen LogP contribution in [0.2, 0.25) is 5.02 Å². The first-order valence-corrected chi connectivity index (χ1v) is 9.46. The number of hydrogen-bond acceptors (Lipinski definition) is 3. The molecule has 27 heavy (non-hydrogen) atoms. The molecule has 6 heteroatoms. The van der Waals surface area contributed by atoms with Crippen molar-refractivity contribution in [2.45, 2.75) is 18.9 Å². The van der Waals surface area contributed by atoms with Gasteiger partial charge in [0.1, 0.15) is 0 Å². The number of aromatic nitrogens is 1. The van der Waals surface area contributed by atoms with E-state index >= 15 is 0 Å². The summed E-state index contributed by atoms with van der Waals surface area (Å²) >= 11 is 6.45. The second-order valence-electron chi connectivity index (χ2n) is 6.77. The lowest BCUT2D eigenvalue weighted by Gasteiger charge is -2.34. The van der Waals surface area contributed by atoms with Crippen LogP contribution in [0.5, 0.6) is 0 Å². The third-order valence-corrected chi connectivity index (χ3v) is 5.67. The van der Waals surface area contributed by atoms with Gasteiger partial charge in [-0.25, -0.2) is 0 Å². The van der Waals surface area contributed by atoms with Crippen molar-refractivity contribution >= 4 is 34.9 Å². The molecule has 0 saturated heterocycles. The van der Waals surface area contributed by atoms with Crippen LogP contribution in [-0.2, 0) is 6.42 Å². The van der Waals surface area contributed by atoms with Crippen LogP contribution in [-0.4, -0.2) is 46.4 Å². The first-order chi connectivity index (χ1) is 12.7. The number of halogens is 2. The van der Waals surface area contributed by atoms with E-state index < -0.39 is 0 Å². The number of aliphatic hydroxyl groups is 2. The van der Waals surface area contributed by atoms with Gasteiger partial charge in [0.05, 0.1) is 18.9 Å². The molecule has 0 bridgehead atoms. The summed E-state index contributed by atoms with van der Waals surface area (Å²) in [7, 11) is 0. The molecule has 4 rings (SSSR count). The number of nitrogens with zero attached hydrogens (tertiary/aromatic N) is 1. The van der Waals surface area contributed by atoms with Crippen LogP contribution in [0.3, 0.4) is 0 Å². The number of hydrogen-bond donors (Lipinski definition) is 3. The summed E-state index contributed by atoms with van der Waals surface area (Å²) in [5.41, 5.74) is 5.83. The highest BCUT2D eigenvalue weighted by atomic mass is 35.5. The molecule has 0 aliphatic heterocycles. The van der Waals surface area contributed by atoms with Gasteiger partial charge >= 0.3 is 0 Å². The van der Waals surface area contributed by atoms with E-state index in [0.717, 1.165) is 34.6 Å². The van der Waals surface area contributed by atoms with Crippen molar-refractivity contribution in [3.05, 3.63) is 58.6 Å². The fourth-order valence-electron chi connectivity index (χ4n) is 4.26. The summed E-state index contributed by atoms with van der Waals surface area (Å²) in [5.74, 6) is 0. The molecule has 1 aliphatic rings. The summed E-state index contributed by atoms with van der Waals surface area (Å²) in [4.78, 5) is 5.76. The highest BCUT2D eigenvalue weighted by Gasteiger charge is 2.29. The van der Waals surface area contributed by atoms with Crippen molar-refractivity contribution in [1.82, 2.24) is 9.88 Å². The maximum absolute atomic E-state index is 9.42. The second kappa shape index (κ2) is 8.63. The van der Waals surface area contributed by atoms with Gasteiger partial charge in [-0.2, -0.15) is 0 Å². The van der Waals surface area contributed by atoms with Crippen LogP contribution in [0.15, 0.2) is 42.5 Å². The standard InChI is InChI=1S/C21H23ClN2O2.ClH/c22-17-6-2-1-4-14(17)21-16-8-9-19(24(10-12-25)11-13-26)15-5-3-7-18(23-21)20(15)16;/h1-7,19,23,25-26H,8-13H2;1H. The van der Waals surface area contributed by atoms with Gasteiger partial charge in [-0.1, -0.05) is 41.9 Å². The largest absolute Gasteiger partial charge is 0.395 e. The molecule has 4 nitrogen and oxygen atoms in total. The Labute approximate surface area is 170 Å². The molecule has 0 fully saturated rings. The van der Waals surface area contributed by atoms with Gasteiger partial charge < -0.3 is 15.2 Å². The summed E-state index contributed by atoms with van der Waals surface area (Å²) in [6.45, 7) is 1.33. The Kier molecular flexibility index (Phi) is 6.45. The van der Waals surface area contributed by atoms with E-state index in [1.807, 2.05) is 18.2 Å². The van der Waals surface area contributed by atoms with E-state index in [4.69, 9.17) is 11.6 Å². The predicted molar refractivity (Wildman–Crippen MR) is 113 cm³/mol. The molecule has 2 aromatic carbocycles. The van der Waals surface area contributed by atoms with Crippen molar-refractivity contribution in [1.29, 1.82) is 0 Å². The Hall–Kier alpha value is -1.56. The van der Waals surface area contributed by atoms with Crippen molar-refractivity contribution in [2.75, 3.05) is 26.3 Å². The van der Waals surface area contributed by atoms with E-state index in [9.17, 15) is 10.2 Å². The molecule has 1 atom stereocenters. The number of aryl methyl sites for hydroxylation is 1. The third-order valence-electron chi connectivity index (χ3n) is 5.35. The number of aliphatic hydroxyl groups excluding tert-OH is 2. The minimum Gasteiger partial charge on any atom is -0.395 e. The molecular formula is C21H24Cl2N2O2. The maximum atomic E-state index is 9.42. The third kappa shape index (κ3) is 3.60. The van der Waals surface area contributed by atoms with Gasteiger partial charge in [0.2, 0.25) is 0 Å². The Balaban J connectivity index is 0.00000210. The maximum Gasteiger partial charge on any atom is 0.0558 e. The van der Waals surface area contributed by atoms with E-state index in [1.165, 1.54) is 16.5 Å². The van der Waals surface area contributed by atoms with Gasteiger partial charge in [-0.15, -0.1) is 12.4 Å². The molecule has 0 spiro atoms. The van der Waals surface area contributed by atoms with Crippen LogP contribution in [0.1, 0.15) is 23.6 Å². The van der Waals surface area contributed by atoms with Crippen LogP contribution in [0, 0.1) is 0 Å². The molecule has 0 saturated carbocycles. The van der Waals surface area contributed by atoms with Crippen molar-refractivity contribution in [3.63, 3.8) is 0 Å². The second-order valence-corrected chi connectivity index (χ2v) is 7.17. The Bertz CT molecular complexity index is 920. The van der Waals surface area contributed by atoms with Gasteiger partial charge in [-0.3, -0.25) is 4.90 Å². The minimum absolute atomic E-state index is 0. The predicted octanol–water partition coefficient (Wildman–Crippen LogP) is 4.18. The molecule has 3 N–H and O–H groups in total. The number of benzene rings is 2. The first kappa shape index (κ1) is 20.2. The van der Waals surface area contributed by atoms with Crippen LogP contribution in [0.25, 0.3) is 22.2 Å². The van der Waals surface area contributed by atoms with E-state index in [0.29, 0.717) is 13.1 Å².